The number of aliphatic hydroxyl groups is 1. The van der Waals surface area contributed by atoms with Crippen LogP contribution in [0.1, 0.15) is 5.01 Å². The lowest BCUT2D eigenvalue weighted by molar-refractivity contribution is 0.118. The van der Waals surface area contributed by atoms with Gasteiger partial charge in [0.25, 0.3) is 0 Å². The van der Waals surface area contributed by atoms with Crippen LogP contribution in [-0.2, 0) is 11.2 Å². The number of aromatic nitrogens is 1. The maximum atomic E-state index is 9.44. The van der Waals surface area contributed by atoms with Crippen molar-refractivity contribution < 1.29 is 9.84 Å². The first kappa shape index (κ1) is 8.16. The Morgan fingerprint density at radius 1 is 1.67 bits per heavy atom. The highest BCUT2D eigenvalue weighted by atomic mass is 32.1. The largest absolute Gasteiger partial charge is 0.390 e. The molecule has 0 spiro atoms. The standard InChI is InChI=1S/C8H11NO2S/c10-7-5-11-4-6(7)3-8-9-1-2-12-8/h1-2,6-7,10H,3-5H2/t6-,7-/m1/s1. The molecule has 0 unspecified atom stereocenters. The van der Waals surface area contributed by atoms with Crippen LogP contribution in [0.25, 0.3) is 0 Å². The third kappa shape index (κ3) is 1.65. The van der Waals surface area contributed by atoms with Crippen molar-refractivity contribution in [3.05, 3.63) is 16.6 Å². The van der Waals surface area contributed by atoms with Crippen molar-refractivity contribution in [2.24, 2.45) is 5.92 Å². The van der Waals surface area contributed by atoms with Crippen molar-refractivity contribution in [2.45, 2.75) is 12.5 Å². The molecule has 1 aliphatic heterocycles. The molecular weight excluding hydrogens is 174 g/mol. The van der Waals surface area contributed by atoms with Crippen molar-refractivity contribution >= 4 is 11.3 Å². The molecule has 0 radical (unpaired) electrons. The maximum absolute atomic E-state index is 9.44. The summed E-state index contributed by atoms with van der Waals surface area (Å²) in [6.45, 7) is 1.15. The monoisotopic (exact) mass is 185 g/mol. The van der Waals surface area contributed by atoms with Gasteiger partial charge in [-0.1, -0.05) is 0 Å². The zero-order valence-electron chi connectivity index (χ0n) is 6.64. The molecule has 0 aromatic carbocycles. The van der Waals surface area contributed by atoms with Gasteiger partial charge >= 0.3 is 0 Å². The number of ether oxygens (including phenoxy) is 1. The molecule has 4 heteroatoms. The molecule has 1 saturated heterocycles. The second-order valence-corrected chi connectivity index (χ2v) is 3.97. The minimum atomic E-state index is -0.297. The molecule has 0 aliphatic carbocycles. The van der Waals surface area contributed by atoms with Crippen LogP contribution in [0, 0.1) is 5.92 Å². The summed E-state index contributed by atoms with van der Waals surface area (Å²) in [6, 6.07) is 0. The van der Waals surface area contributed by atoms with E-state index in [-0.39, 0.29) is 12.0 Å². The van der Waals surface area contributed by atoms with Crippen LogP contribution < -0.4 is 0 Å². The lowest BCUT2D eigenvalue weighted by Crippen LogP contribution is -2.19. The number of thiazole rings is 1. The fourth-order valence-electron chi connectivity index (χ4n) is 1.36. The molecule has 1 aromatic rings. The van der Waals surface area contributed by atoms with Crippen LogP contribution in [0.2, 0.25) is 0 Å². The van der Waals surface area contributed by atoms with Gasteiger partial charge in [-0.2, -0.15) is 0 Å². The molecule has 1 fully saturated rings. The highest BCUT2D eigenvalue weighted by Crippen LogP contribution is 2.19. The Morgan fingerprint density at radius 2 is 2.58 bits per heavy atom. The second-order valence-electron chi connectivity index (χ2n) is 2.99. The number of aliphatic hydroxyl groups excluding tert-OH is 1. The molecule has 3 nitrogen and oxygen atoms in total. The smallest absolute Gasteiger partial charge is 0.0929 e. The van der Waals surface area contributed by atoms with E-state index in [1.54, 1.807) is 17.5 Å². The predicted molar refractivity (Wildman–Crippen MR) is 46.1 cm³/mol. The van der Waals surface area contributed by atoms with Crippen LogP contribution >= 0.6 is 11.3 Å². The molecular formula is C8H11NO2S. The van der Waals surface area contributed by atoms with Gasteiger partial charge in [-0.15, -0.1) is 11.3 Å². The van der Waals surface area contributed by atoms with E-state index in [1.165, 1.54) is 0 Å². The van der Waals surface area contributed by atoms with Crippen molar-refractivity contribution in [3.8, 4) is 0 Å². The number of nitrogens with zero attached hydrogens (tertiary/aromatic N) is 1. The zero-order valence-corrected chi connectivity index (χ0v) is 7.46. The summed E-state index contributed by atoms with van der Waals surface area (Å²) in [7, 11) is 0. The molecule has 2 heterocycles. The number of hydrogen-bond donors (Lipinski definition) is 1. The lowest BCUT2D eigenvalue weighted by Gasteiger charge is -2.08. The van der Waals surface area contributed by atoms with Crippen LogP contribution in [0.5, 0.6) is 0 Å². The predicted octanol–water partition coefficient (Wildman–Crippen LogP) is 0.693. The van der Waals surface area contributed by atoms with E-state index in [4.69, 9.17) is 4.74 Å². The average Bonchev–Trinajstić information content (AvgIpc) is 2.65. The Bertz CT molecular complexity index is 237. The number of rotatable bonds is 2. The lowest BCUT2D eigenvalue weighted by atomic mass is 10.0. The van der Waals surface area contributed by atoms with E-state index in [2.05, 4.69) is 4.98 Å². The Hall–Kier alpha value is -0.450. The van der Waals surface area contributed by atoms with Crippen LogP contribution in [0.15, 0.2) is 11.6 Å². The summed E-state index contributed by atoms with van der Waals surface area (Å²) in [5, 5.41) is 12.5. The van der Waals surface area contributed by atoms with Crippen LogP contribution in [-0.4, -0.2) is 29.4 Å². The van der Waals surface area contributed by atoms with E-state index in [9.17, 15) is 5.11 Å². The zero-order chi connectivity index (χ0) is 8.39. The Labute approximate surface area is 75.0 Å². The highest BCUT2D eigenvalue weighted by molar-refractivity contribution is 7.09. The van der Waals surface area contributed by atoms with Gasteiger partial charge < -0.3 is 9.84 Å². The molecule has 12 heavy (non-hydrogen) atoms. The molecule has 2 rings (SSSR count). The molecule has 1 aliphatic rings. The third-order valence-corrected chi connectivity index (χ3v) is 2.89. The molecule has 1 N–H and O–H groups in total. The SMILES string of the molecule is O[C@@H]1COC[C@H]1Cc1nccs1. The van der Waals surface area contributed by atoms with Gasteiger partial charge in [-0.25, -0.2) is 4.98 Å². The van der Waals surface area contributed by atoms with Gasteiger partial charge in [-0.05, 0) is 0 Å². The van der Waals surface area contributed by atoms with Gasteiger partial charge in [0.2, 0.25) is 0 Å². The van der Waals surface area contributed by atoms with Crippen molar-refractivity contribution in [1.82, 2.24) is 4.98 Å². The van der Waals surface area contributed by atoms with Gasteiger partial charge in [0.1, 0.15) is 0 Å². The van der Waals surface area contributed by atoms with Gasteiger partial charge in [0.15, 0.2) is 0 Å². The van der Waals surface area contributed by atoms with Crippen molar-refractivity contribution in [2.75, 3.05) is 13.2 Å². The topological polar surface area (TPSA) is 42.4 Å². The molecule has 66 valence electrons. The van der Waals surface area contributed by atoms with Crippen molar-refractivity contribution in [1.29, 1.82) is 0 Å². The molecule has 0 amide bonds. The Morgan fingerprint density at radius 3 is 3.17 bits per heavy atom. The molecule has 2 atom stereocenters. The summed E-state index contributed by atoms with van der Waals surface area (Å²) in [4.78, 5) is 4.17. The second kappa shape index (κ2) is 3.51. The third-order valence-electron chi connectivity index (χ3n) is 2.08. The fraction of sp³-hybridized carbons (Fsp3) is 0.625. The maximum Gasteiger partial charge on any atom is 0.0929 e. The summed E-state index contributed by atoms with van der Waals surface area (Å²) < 4.78 is 5.14. The van der Waals surface area contributed by atoms with E-state index in [0.717, 1.165) is 11.4 Å². The summed E-state index contributed by atoms with van der Waals surface area (Å²) in [5.41, 5.74) is 0. The summed E-state index contributed by atoms with van der Waals surface area (Å²) in [5.74, 6) is 0.246. The van der Waals surface area contributed by atoms with E-state index in [1.807, 2.05) is 5.38 Å². The van der Waals surface area contributed by atoms with Crippen molar-refractivity contribution in [3.63, 3.8) is 0 Å². The average molecular weight is 185 g/mol. The molecule has 0 saturated carbocycles. The van der Waals surface area contributed by atoms with E-state index in [0.29, 0.717) is 13.2 Å². The summed E-state index contributed by atoms with van der Waals surface area (Å²) in [6.07, 6.45) is 2.34. The molecule has 0 bridgehead atoms. The van der Waals surface area contributed by atoms with E-state index < -0.39 is 0 Å². The first-order valence-corrected chi connectivity index (χ1v) is 4.88. The minimum absolute atomic E-state index is 0.246. The van der Waals surface area contributed by atoms with E-state index >= 15 is 0 Å². The Kier molecular flexibility index (Phi) is 2.39. The van der Waals surface area contributed by atoms with Crippen LogP contribution in [0.4, 0.5) is 0 Å². The van der Waals surface area contributed by atoms with Crippen LogP contribution in [0.3, 0.4) is 0 Å². The fourth-order valence-corrected chi connectivity index (χ4v) is 2.07. The quantitative estimate of drug-likeness (QED) is 0.737. The minimum Gasteiger partial charge on any atom is -0.390 e. The van der Waals surface area contributed by atoms with Gasteiger partial charge in [-0.3, -0.25) is 0 Å². The Balaban J connectivity index is 1.95. The highest BCUT2D eigenvalue weighted by Gasteiger charge is 2.26. The van der Waals surface area contributed by atoms with Gasteiger partial charge in [0.05, 0.1) is 24.3 Å². The van der Waals surface area contributed by atoms with Gasteiger partial charge in [0, 0.05) is 23.9 Å². The first-order valence-electron chi connectivity index (χ1n) is 4.00. The molecule has 1 aromatic heterocycles. The first-order chi connectivity index (χ1) is 5.86. The normalized spacial score (nSPS) is 29.4. The number of hydrogen-bond acceptors (Lipinski definition) is 4. The summed E-state index contributed by atoms with van der Waals surface area (Å²) >= 11 is 1.63.